The number of aromatic nitrogens is 4. The van der Waals surface area contributed by atoms with Crippen LogP contribution in [0.15, 0.2) is 66.5 Å². The first-order valence-electron chi connectivity index (χ1n) is 14.3. The highest BCUT2D eigenvalue weighted by atomic mass is 19.1. The molecule has 0 bridgehead atoms. The van der Waals surface area contributed by atoms with E-state index in [2.05, 4.69) is 21.4 Å². The van der Waals surface area contributed by atoms with E-state index >= 15 is 4.39 Å². The summed E-state index contributed by atoms with van der Waals surface area (Å²) in [4.78, 5) is 23.8. The van der Waals surface area contributed by atoms with Gasteiger partial charge in [0.15, 0.2) is 5.65 Å². The second-order valence-corrected chi connectivity index (χ2v) is 11.5. The van der Waals surface area contributed by atoms with Crippen LogP contribution >= 0.6 is 0 Å². The Labute approximate surface area is 250 Å². The number of fused-ring (bicyclic) bond motifs is 1. The minimum atomic E-state index is -0.544. The van der Waals surface area contributed by atoms with Gasteiger partial charge in [0, 0.05) is 36.3 Å². The number of carbonyl (C=O) groups is 1. The molecule has 43 heavy (non-hydrogen) atoms. The van der Waals surface area contributed by atoms with Crippen molar-refractivity contribution >= 4 is 22.8 Å². The molecule has 0 spiro atoms. The summed E-state index contributed by atoms with van der Waals surface area (Å²) < 4.78 is 23.0. The van der Waals surface area contributed by atoms with Crippen LogP contribution in [0.5, 0.6) is 11.5 Å². The summed E-state index contributed by atoms with van der Waals surface area (Å²) >= 11 is 0. The average molecular weight is 583 g/mol. The Morgan fingerprint density at radius 2 is 1.98 bits per heavy atom. The molecule has 222 valence electrons. The Morgan fingerprint density at radius 3 is 2.67 bits per heavy atom. The van der Waals surface area contributed by atoms with Crippen molar-refractivity contribution in [2.24, 2.45) is 0 Å². The number of likely N-dealkylation sites (tertiary alicyclic amines) is 1. The van der Waals surface area contributed by atoms with E-state index in [9.17, 15) is 10.1 Å². The fourth-order valence-corrected chi connectivity index (χ4v) is 5.61. The summed E-state index contributed by atoms with van der Waals surface area (Å²) in [5.41, 5.74) is 6.80. The topological polar surface area (TPSA) is 135 Å². The molecule has 2 aromatic carbocycles. The van der Waals surface area contributed by atoms with Crippen molar-refractivity contribution in [1.82, 2.24) is 30.0 Å². The largest absolute Gasteiger partial charge is 0.457 e. The standard InChI is InChI=1S/C32H35FN8O2/c1-20(2)38-32(3,4)16-21(17-34)31(42)40-14-8-9-22(18-40)41-30-27(29(35)36-19-37-30)28(39-41)25-13-12-24(15-26(25)33)43-23-10-6-5-7-11-23/h5-7,10-13,15-16,19-20,22,38H,8-9,14,18H2,1-4H3,(H2,35,36,37)/b21-16+/t22-/m0/s1. The highest BCUT2D eigenvalue weighted by Gasteiger charge is 2.31. The summed E-state index contributed by atoms with van der Waals surface area (Å²) in [5.74, 6) is 0.234. The number of nitrogens with two attached hydrogens (primary N) is 1. The van der Waals surface area contributed by atoms with Crippen LogP contribution in [0.25, 0.3) is 22.3 Å². The molecule has 4 aromatic rings. The maximum atomic E-state index is 15.6. The van der Waals surface area contributed by atoms with Crippen LogP contribution in [0, 0.1) is 17.1 Å². The molecule has 1 aliphatic rings. The number of rotatable bonds is 8. The van der Waals surface area contributed by atoms with Crippen molar-refractivity contribution in [3.63, 3.8) is 0 Å². The number of ether oxygens (including phenoxy) is 1. The van der Waals surface area contributed by atoms with Crippen LogP contribution in [0.3, 0.4) is 0 Å². The zero-order valence-electron chi connectivity index (χ0n) is 24.7. The van der Waals surface area contributed by atoms with Gasteiger partial charge < -0.3 is 20.7 Å². The molecule has 1 saturated heterocycles. The molecule has 0 saturated carbocycles. The monoisotopic (exact) mass is 582 g/mol. The number of para-hydroxylation sites is 1. The van der Waals surface area contributed by atoms with Crippen LogP contribution in [0.1, 0.15) is 46.6 Å². The second kappa shape index (κ2) is 12.2. The van der Waals surface area contributed by atoms with Crippen molar-refractivity contribution in [3.8, 4) is 28.8 Å². The number of carbonyl (C=O) groups excluding carboxylic acids is 1. The van der Waals surface area contributed by atoms with Gasteiger partial charge in [0.05, 0.1) is 11.4 Å². The molecule has 5 rings (SSSR count). The smallest absolute Gasteiger partial charge is 0.264 e. The van der Waals surface area contributed by atoms with E-state index in [-0.39, 0.29) is 34.9 Å². The van der Waals surface area contributed by atoms with E-state index in [1.54, 1.807) is 39.9 Å². The first kappa shape index (κ1) is 29.7. The van der Waals surface area contributed by atoms with E-state index in [1.165, 1.54) is 12.4 Å². The van der Waals surface area contributed by atoms with Crippen molar-refractivity contribution in [1.29, 1.82) is 5.26 Å². The number of amides is 1. The number of halogens is 1. The van der Waals surface area contributed by atoms with Gasteiger partial charge in [-0.15, -0.1) is 0 Å². The summed E-state index contributed by atoms with van der Waals surface area (Å²) in [7, 11) is 0. The van der Waals surface area contributed by atoms with Gasteiger partial charge in [0.2, 0.25) is 0 Å². The number of benzene rings is 2. The van der Waals surface area contributed by atoms with Gasteiger partial charge in [-0.1, -0.05) is 32.0 Å². The van der Waals surface area contributed by atoms with Crippen LogP contribution in [-0.2, 0) is 4.79 Å². The number of nitrogens with one attached hydrogen (secondary N) is 1. The minimum Gasteiger partial charge on any atom is -0.457 e. The molecule has 3 heterocycles. The number of hydrogen-bond donors (Lipinski definition) is 2. The number of nitrogen functional groups attached to an aromatic ring is 1. The van der Waals surface area contributed by atoms with E-state index < -0.39 is 11.4 Å². The van der Waals surface area contributed by atoms with E-state index in [0.717, 1.165) is 0 Å². The number of anilines is 1. The Bertz CT molecular complexity index is 1710. The Kier molecular flexibility index (Phi) is 8.41. The molecule has 11 heteroatoms. The fraction of sp³-hybridized carbons (Fsp3) is 0.344. The van der Waals surface area contributed by atoms with Crippen molar-refractivity contribution in [3.05, 3.63) is 72.3 Å². The molecule has 0 unspecified atom stereocenters. The van der Waals surface area contributed by atoms with Crippen molar-refractivity contribution < 1.29 is 13.9 Å². The van der Waals surface area contributed by atoms with Gasteiger partial charge >= 0.3 is 0 Å². The molecule has 0 aliphatic carbocycles. The maximum Gasteiger partial charge on any atom is 0.264 e. The van der Waals surface area contributed by atoms with Crippen molar-refractivity contribution in [2.45, 2.75) is 58.2 Å². The van der Waals surface area contributed by atoms with Crippen LogP contribution in [0.2, 0.25) is 0 Å². The first-order chi connectivity index (χ1) is 20.6. The Balaban J connectivity index is 1.46. The third-order valence-electron chi connectivity index (χ3n) is 7.24. The molecular weight excluding hydrogens is 547 g/mol. The minimum absolute atomic E-state index is 0.0799. The third kappa shape index (κ3) is 6.49. The number of piperidine rings is 1. The lowest BCUT2D eigenvalue weighted by atomic mass is 9.98. The van der Waals surface area contributed by atoms with Crippen LogP contribution < -0.4 is 15.8 Å². The lowest BCUT2D eigenvalue weighted by molar-refractivity contribution is -0.128. The quantitative estimate of drug-likeness (QED) is 0.208. The molecule has 2 aromatic heterocycles. The van der Waals surface area contributed by atoms with Gasteiger partial charge in [0.25, 0.3) is 5.91 Å². The fourth-order valence-electron chi connectivity index (χ4n) is 5.61. The van der Waals surface area contributed by atoms with Crippen LogP contribution in [0.4, 0.5) is 10.2 Å². The summed E-state index contributed by atoms with van der Waals surface area (Å²) in [5, 5.41) is 18.4. The maximum absolute atomic E-state index is 15.6. The molecule has 1 fully saturated rings. The number of hydrogen-bond acceptors (Lipinski definition) is 8. The molecule has 0 radical (unpaired) electrons. The zero-order valence-corrected chi connectivity index (χ0v) is 24.7. The summed E-state index contributed by atoms with van der Waals surface area (Å²) in [6.45, 7) is 8.69. The van der Waals surface area contributed by atoms with Gasteiger partial charge in [0.1, 0.15) is 46.8 Å². The first-order valence-corrected chi connectivity index (χ1v) is 14.3. The molecule has 10 nitrogen and oxygen atoms in total. The SMILES string of the molecule is CC(C)NC(C)(C)/C=C(\C#N)C(=O)N1CCC[C@H](n2nc(-c3ccc(Oc4ccccc4)cc3F)c3c(N)ncnc32)C1. The normalized spacial score (nSPS) is 16.0. The van der Waals surface area contributed by atoms with Gasteiger partial charge in [-0.2, -0.15) is 10.4 Å². The molecule has 1 amide bonds. The zero-order chi connectivity index (χ0) is 30.7. The third-order valence-corrected chi connectivity index (χ3v) is 7.24. The van der Waals surface area contributed by atoms with Gasteiger partial charge in [-0.25, -0.2) is 19.0 Å². The molecule has 1 atom stereocenters. The predicted octanol–water partition coefficient (Wildman–Crippen LogP) is 5.40. The molecule has 1 aliphatic heterocycles. The highest BCUT2D eigenvalue weighted by molar-refractivity contribution is 5.99. The second-order valence-electron chi connectivity index (χ2n) is 11.5. The Morgan fingerprint density at radius 1 is 1.21 bits per heavy atom. The summed E-state index contributed by atoms with van der Waals surface area (Å²) in [6.07, 6.45) is 4.43. The average Bonchev–Trinajstić information content (AvgIpc) is 3.36. The van der Waals surface area contributed by atoms with E-state index in [0.29, 0.717) is 54.2 Å². The lowest BCUT2D eigenvalue weighted by Crippen LogP contribution is -2.44. The number of nitriles is 1. The van der Waals surface area contributed by atoms with Crippen LogP contribution in [-0.4, -0.2) is 55.2 Å². The van der Waals surface area contributed by atoms with Crippen molar-refractivity contribution in [2.75, 3.05) is 18.8 Å². The highest BCUT2D eigenvalue weighted by Crippen LogP contribution is 2.36. The van der Waals surface area contributed by atoms with E-state index in [4.69, 9.17) is 15.6 Å². The lowest BCUT2D eigenvalue weighted by Gasteiger charge is -2.33. The van der Waals surface area contributed by atoms with Gasteiger partial charge in [-0.3, -0.25) is 4.79 Å². The van der Waals surface area contributed by atoms with Gasteiger partial charge in [-0.05, 0) is 57.0 Å². The molecular formula is C32H35FN8O2. The Hall–Kier alpha value is -4.82. The number of nitrogens with zero attached hydrogens (tertiary/aromatic N) is 6. The molecule has 3 N–H and O–H groups in total. The van der Waals surface area contributed by atoms with E-state index in [1.807, 2.05) is 45.9 Å². The predicted molar refractivity (Wildman–Crippen MR) is 163 cm³/mol. The summed E-state index contributed by atoms with van der Waals surface area (Å²) in [6, 6.07) is 15.7.